The van der Waals surface area contributed by atoms with Gasteiger partial charge in [0.05, 0.1) is 6.07 Å². The average molecular weight is 433 g/mol. The van der Waals surface area contributed by atoms with Crippen LogP contribution in [0.3, 0.4) is 0 Å². The van der Waals surface area contributed by atoms with E-state index in [1.54, 1.807) is 6.07 Å². The molecule has 3 rings (SSSR count). The first kappa shape index (κ1) is 22.2. The Hall–Kier alpha value is -2.49. The van der Waals surface area contributed by atoms with Gasteiger partial charge in [-0.25, -0.2) is 8.78 Å². The number of nitrogens with zero attached hydrogens (tertiary/aromatic N) is 1. The van der Waals surface area contributed by atoms with Crippen LogP contribution in [0.5, 0.6) is 0 Å². The molecule has 1 aliphatic rings. The fourth-order valence-corrected chi connectivity index (χ4v) is 4.67. The number of hydrogen-bond donors (Lipinski definition) is 2. The zero-order chi connectivity index (χ0) is 22.3. The SMILES string of the molecule is CC(C)(C)CC1NC(C(=O)O)C(c2cccc(F)c2)C1(C#N)c1ccc(Cl)cc1F. The van der Waals surface area contributed by atoms with Crippen molar-refractivity contribution in [2.24, 2.45) is 5.41 Å². The monoisotopic (exact) mass is 432 g/mol. The van der Waals surface area contributed by atoms with Crippen molar-refractivity contribution < 1.29 is 18.7 Å². The minimum Gasteiger partial charge on any atom is -0.480 e. The van der Waals surface area contributed by atoms with Crippen LogP contribution in [-0.4, -0.2) is 23.2 Å². The van der Waals surface area contributed by atoms with Crippen LogP contribution in [0.1, 0.15) is 44.2 Å². The number of carboxylic acid groups (broad SMARTS) is 1. The molecular weight excluding hydrogens is 410 g/mol. The molecule has 30 heavy (non-hydrogen) atoms. The molecule has 1 heterocycles. The third-order valence-electron chi connectivity index (χ3n) is 5.61. The van der Waals surface area contributed by atoms with Crippen LogP contribution in [0.4, 0.5) is 8.78 Å². The van der Waals surface area contributed by atoms with Crippen LogP contribution in [0, 0.1) is 28.4 Å². The molecule has 4 nitrogen and oxygen atoms in total. The molecule has 0 radical (unpaired) electrons. The van der Waals surface area contributed by atoms with E-state index < -0.39 is 41.0 Å². The van der Waals surface area contributed by atoms with Crippen molar-refractivity contribution >= 4 is 17.6 Å². The Morgan fingerprint density at radius 1 is 1.27 bits per heavy atom. The minimum absolute atomic E-state index is 0.0501. The molecule has 1 saturated heterocycles. The fourth-order valence-electron chi connectivity index (χ4n) is 4.51. The zero-order valence-electron chi connectivity index (χ0n) is 16.9. The lowest BCUT2D eigenvalue weighted by molar-refractivity contribution is -0.139. The van der Waals surface area contributed by atoms with Crippen LogP contribution in [-0.2, 0) is 10.2 Å². The predicted octanol–water partition coefficient (Wildman–Crippen LogP) is 5.02. The third-order valence-corrected chi connectivity index (χ3v) is 5.84. The summed E-state index contributed by atoms with van der Waals surface area (Å²) in [4.78, 5) is 12.2. The van der Waals surface area contributed by atoms with E-state index in [1.165, 1.54) is 30.3 Å². The molecule has 2 aromatic rings. The summed E-state index contributed by atoms with van der Waals surface area (Å²) in [6, 6.07) is 9.86. The number of halogens is 3. The fraction of sp³-hybridized carbons (Fsp3) is 0.391. The largest absolute Gasteiger partial charge is 0.480 e. The quantitative estimate of drug-likeness (QED) is 0.711. The molecule has 0 spiro atoms. The maximum absolute atomic E-state index is 15.2. The first-order valence-corrected chi connectivity index (χ1v) is 9.98. The van der Waals surface area contributed by atoms with Crippen molar-refractivity contribution in [2.75, 3.05) is 0 Å². The Kier molecular flexibility index (Phi) is 5.90. The van der Waals surface area contributed by atoms with Crippen molar-refractivity contribution in [2.45, 2.75) is 50.6 Å². The summed E-state index contributed by atoms with van der Waals surface area (Å²) >= 11 is 5.93. The van der Waals surface area contributed by atoms with Gasteiger partial charge in [-0.05, 0) is 41.7 Å². The molecule has 2 N–H and O–H groups in total. The molecule has 0 amide bonds. The second kappa shape index (κ2) is 7.98. The first-order valence-electron chi connectivity index (χ1n) is 9.60. The van der Waals surface area contributed by atoms with Crippen molar-refractivity contribution in [3.8, 4) is 6.07 Å². The molecule has 4 unspecified atom stereocenters. The lowest BCUT2D eigenvalue weighted by Gasteiger charge is -2.37. The predicted molar refractivity (Wildman–Crippen MR) is 110 cm³/mol. The number of benzene rings is 2. The number of aliphatic carboxylic acids is 1. The summed E-state index contributed by atoms with van der Waals surface area (Å²) in [5, 5.41) is 23.6. The Balaban J connectivity index is 2.33. The summed E-state index contributed by atoms with van der Waals surface area (Å²) in [6.07, 6.45) is 0.401. The van der Waals surface area contributed by atoms with E-state index in [4.69, 9.17) is 11.6 Å². The Morgan fingerprint density at radius 2 is 1.97 bits per heavy atom. The number of carboxylic acids is 1. The van der Waals surface area contributed by atoms with E-state index >= 15 is 4.39 Å². The highest BCUT2D eigenvalue weighted by Gasteiger charge is 2.60. The van der Waals surface area contributed by atoms with Gasteiger partial charge in [0.2, 0.25) is 0 Å². The second-order valence-electron chi connectivity index (χ2n) is 8.94. The lowest BCUT2D eigenvalue weighted by atomic mass is 9.63. The Bertz CT molecular complexity index is 1010. The maximum Gasteiger partial charge on any atom is 0.321 e. The minimum atomic E-state index is -1.58. The Labute approximate surface area is 179 Å². The summed E-state index contributed by atoms with van der Waals surface area (Å²) in [6.45, 7) is 5.88. The standard InChI is InChI=1S/C23H23ClF2N2O2/c1-22(2,3)11-18-23(12-27,16-8-7-14(24)10-17(16)26)19(20(28-18)21(29)30)13-5-4-6-15(25)9-13/h4-10,18-20,28H,11H2,1-3H3,(H,29,30). The number of rotatable bonds is 4. The number of nitrogens with one attached hydrogen (secondary N) is 1. The average Bonchev–Trinajstić information content (AvgIpc) is 2.95. The summed E-state index contributed by atoms with van der Waals surface area (Å²) in [7, 11) is 0. The highest BCUT2D eigenvalue weighted by atomic mass is 35.5. The third kappa shape index (κ3) is 3.92. The van der Waals surface area contributed by atoms with E-state index in [0.717, 1.165) is 6.07 Å². The Morgan fingerprint density at radius 3 is 2.50 bits per heavy atom. The smallest absolute Gasteiger partial charge is 0.321 e. The molecule has 1 fully saturated rings. The van der Waals surface area contributed by atoms with Gasteiger partial charge in [-0.1, -0.05) is 50.6 Å². The normalized spacial score (nSPS) is 26.4. The molecule has 1 aliphatic heterocycles. The van der Waals surface area contributed by atoms with Gasteiger partial charge in [-0.15, -0.1) is 0 Å². The number of carbonyl (C=O) groups is 1. The van der Waals surface area contributed by atoms with Gasteiger partial charge in [-0.3, -0.25) is 10.1 Å². The molecule has 0 bridgehead atoms. The maximum atomic E-state index is 15.2. The molecule has 2 aromatic carbocycles. The van der Waals surface area contributed by atoms with Crippen LogP contribution in [0.25, 0.3) is 0 Å². The van der Waals surface area contributed by atoms with E-state index in [1.807, 2.05) is 20.8 Å². The molecule has 0 aromatic heterocycles. The van der Waals surface area contributed by atoms with Gasteiger partial charge < -0.3 is 5.11 Å². The molecule has 158 valence electrons. The topological polar surface area (TPSA) is 73.1 Å². The lowest BCUT2D eigenvalue weighted by Crippen LogP contribution is -2.44. The van der Waals surface area contributed by atoms with Crippen LogP contribution in [0.2, 0.25) is 5.02 Å². The second-order valence-corrected chi connectivity index (χ2v) is 9.37. The van der Waals surface area contributed by atoms with Gasteiger partial charge in [0.15, 0.2) is 0 Å². The molecule has 4 atom stereocenters. The van der Waals surface area contributed by atoms with Crippen LogP contribution < -0.4 is 5.32 Å². The van der Waals surface area contributed by atoms with Crippen molar-refractivity contribution in [1.82, 2.24) is 5.32 Å². The number of hydrogen-bond acceptors (Lipinski definition) is 3. The number of nitriles is 1. The summed E-state index contributed by atoms with van der Waals surface area (Å²) < 4.78 is 29.2. The van der Waals surface area contributed by atoms with Gasteiger partial charge in [-0.2, -0.15) is 5.26 Å². The van der Waals surface area contributed by atoms with Gasteiger partial charge in [0.25, 0.3) is 0 Å². The summed E-state index contributed by atoms with van der Waals surface area (Å²) in [5.41, 5.74) is -1.50. The molecule has 7 heteroatoms. The van der Waals surface area contributed by atoms with E-state index in [0.29, 0.717) is 12.0 Å². The highest BCUT2D eigenvalue weighted by molar-refractivity contribution is 6.30. The van der Waals surface area contributed by atoms with Crippen LogP contribution in [0.15, 0.2) is 42.5 Å². The van der Waals surface area contributed by atoms with Crippen molar-refractivity contribution in [1.29, 1.82) is 5.26 Å². The molecular formula is C23H23ClF2N2O2. The first-order chi connectivity index (χ1) is 14.0. The molecule has 0 aliphatic carbocycles. The van der Waals surface area contributed by atoms with E-state index in [-0.39, 0.29) is 16.0 Å². The van der Waals surface area contributed by atoms with Gasteiger partial charge >= 0.3 is 5.97 Å². The summed E-state index contributed by atoms with van der Waals surface area (Å²) in [5.74, 6) is -3.45. The van der Waals surface area contributed by atoms with Gasteiger partial charge in [0, 0.05) is 22.5 Å². The van der Waals surface area contributed by atoms with Crippen LogP contribution >= 0.6 is 11.6 Å². The molecule has 0 saturated carbocycles. The van der Waals surface area contributed by atoms with E-state index in [9.17, 15) is 19.6 Å². The highest BCUT2D eigenvalue weighted by Crippen LogP contribution is 2.51. The zero-order valence-corrected chi connectivity index (χ0v) is 17.7. The van der Waals surface area contributed by atoms with Crippen molar-refractivity contribution in [3.63, 3.8) is 0 Å². The van der Waals surface area contributed by atoms with Gasteiger partial charge in [0.1, 0.15) is 23.1 Å². The van der Waals surface area contributed by atoms with E-state index in [2.05, 4.69) is 11.4 Å². The van der Waals surface area contributed by atoms with Crippen molar-refractivity contribution in [3.05, 3.63) is 70.2 Å².